The van der Waals surface area contributed by atoms with E-state index in [0.29, 0.717) is 5.56 Å². The summed E-state index contributed by atoms with van der Waals surface area (Å²) in [6.45, 7) is 0.773. The molecule has 0 aromatic heterocycles. The molecule has 1 fully saturated rings. The average molecular weight is 409 g/mol. The van der Waals surface area contributed by atoms with Gasteiger partial charge >= 0.3 is 5.97 Å². The van der Waals surface area contributed by atoms with Crippen LogP contribution < -0.4 is 10.6 Å². The summed E-state index contributed by atoms with van der Waals surface area (Å²) in [6.07, 6.45) is 1.82. The summed E-state index contributed by atoms with van der Waals surface area (Å²) in [5.41, 5.74) is 3.09. The third kappa shape index (κ3) is 5.04. The predicted octanol–water partition coefficient (Wildman–Crippen LogP) is 1.92. The Morgan fingerprint density at radius 2 is 1.83 bits per heavy atom. The van der Waals surface area contributed by atoms with Crippen molar-refractivity contribution in [2.45, 2.75) is 31.3 Å². The molecule has 7 heteroatoms. The van der Waals surface area contributed by atoms with Gasteiger partial charge < -0.3 is 20.6 Å². The summed E-state index contributed by atoms with van der Waals surface area (Å²) in [6, 6.07) is 13.5. The molecular weight excluding hydrogens is 382 g/mol. The van der Waals surface area contributed by atoms with Gasteiger partial charge in [-0.25, -0.2) is 4.79 Å². The summed E-state index contributed by atoms with van der Waals surface area (Å²) < 4.78 is 0. The van der Waals surface area contributed by atoms with E-state index in [1.54, 1.807) is 20.2 Å². The summed E-state index contributed by atoms with van der Waals surface area (Å²) in [4.78, 5) is 37.9. The highest BCUT2D eigenvalue weighted by Gasteiger charge is 2.27. The minimum atomic E-state index is -1.06. The van der Waals surface area contributed by atoms with Gasteiger partial charge in [0, 0.05) is 26.1 Å². The fraction of sp³-hybridized carbons (Fsp3) is 0.348. The Bertz CT molecular complexity index is 918. The summed E-state index contributed by atoms with van der Waals surface area (Å²) >= 11 is 0. The topological polar surface area (TPSA) is 98.7 Å². The molecule has 0 unspecified atom stereocenters. The summed E-state index contributed by atoms with van der Waals surface area (Å²) in [5.74, 6) is -1.41. The fourth-order valence-electron chi connectivity index (χ4n) is 3.60. The van der Waals surface area contributed by atoms with Crippen LogP contribution in [-0.4, -0.2) is 60.5 Å². The maximum Gasteiger partial charge on any atom is 0.326 e. The quantitative estimate of drug-likeness (QED) is 0.649. The van der Waals surface area contributed by atoms with Gasteiger partial charge in [0.25, 0.3) is 5.91 Å². The summed E-state index contributed by atoms with van der Waals surface area (Å²) in [5, 5.41) is 15.2. The zero-order valence-electron chi connectivity index (χ0n) is 17.2. The van der Waals surface area contributed by atoms with Gasteiger partial charge in [-0.15, -0.1) is 0 Å². The number of carboxylic acids is 1. The molecule has 2 aromatic rings. The van der Waals surface area contributed by atoms with E-state index in [1.807, 2.05) is 42.5 Å². The number of hydrogen-bond acceptors (Lipinski definition) is 4. The van der Waals surface area contributed by atoms with Gasteiger partial charge in [-0.2, -0.15) is 0 Å². The van der Waals surface area contributed by atoms with Crippen molar-refractivity contribution in [3.8, 4) is 11.1 Å². The zero-order chi connectivity index (χ0) is 21.7. The number of carboxylic acid groups (broad SMARTS) is 1. The van der Waals surface area contributed by atoms with Gasteiger partial charge in [-0.3, -0.25) is 9.59 Å². The molecule has 158 valence electrons. The van der Waals surface area contributed by atoms with E-state index in [-0.39, 0.29) is 24.3 Å². The molecule has 0 radical (unpaired) electrons. The van der Waals surface area contributed by atoms with Gasteiger partial charge in [-0.1, -0.05) is 42.5 Å². The average Bonchev–Trinajstić information content (AvgIpc) is 3.28. The Labute approximate surface area is 176 Å². The molecule has 7 nitrogen and oxygen atoms in total. The molecule has 30 heavy (non-hydrogen) atoms. The minimum absolute atomic E-state index is 0.0798. The number of nitrogens with zero attached hydrogens (tertiary/aromatic N) is 1. The molecular formula is C23H27N3O4. The van der Waals surface area contributed by atoms with Crippen molar-refractivity contribution in [3.63, 3.8) is 0 Å². The highest BCUT2D eigenvalue weighted by atomic mass is 16.4. The van der Waals surface area contributed by atoms with Crippen LogP contribution in [0.3, 0.4) is 0 Å². The highest BCUT2D eigenvalue weighted by molar-refractivity contribution is 6.00. The van der Waals surface area contributed by atoms with Crippen LogP contribution in [0.15, 0.2) is 48.5 Å². The van der Waals surface area contributed by atoms with Gasteiger partial charge in [0.1, 0.15) is 6.04 Å². The molecule has 0 spiro atoms. The standard InChI is InChI=1S/C23H27N3O4/c1-26(2)22(28)18-7-4-3-6-17(18)16-11-9-15(10-12-16)14-20(23(29)30)25-21(27)19-8-5-13-24-19/h3-4,6-7,9-12,19-20,24H,5,8,13-14H2,1-2H3,(H,25,27)(H,29,30)/t19-,20-/m0/s1. The molecule has 3 N–H and O–H groups in total. The normalized spacial score (nSPS) is 16.7. The first-order valence-electron chi connectivity index (χ1n) is 10.0. The first-order chi connectivity index (χ1) is 14.4. The second-order valence-electron chi connectivity index (χ2n) is 7.69. The van der Waals surface area contributed by atoms with E-state index in [2.05, 4.69) is 10.6 Å². The van der Waals surface area contributed by atoms with E-state index in [9.17, 15) is 19.5 Å². The largest absolute Gasteiger partial charge is 0.480 e. The molecule has 1 heterocycles. The Balaban J connectivity index is 1.74. The number of aliphatic carboxylic acids is 1. The minimum Gasteiger partial charge on any atom is -0.480 e. The molecule has 2 amide bonds. The van der Waals surface area contributed by atoms with Crippen molar-refractivity contribution in [2.24, 2.45) is 0 Å². The van der Waals surface area contributed by atoms with Gasteiger partial charge in [0.15, 0.2) is 0 Å². The molecule has 0 aliphatic carbocycles. The first kappa shape index (κ1) is 21.5. The number of nitrogens with one attached hydrogen (secondary N) is 2. The number of carbonyl (C=O) groups is 3. The fourth-order valence-corrected chi connectivity index (χ4v) is 3.60. The first-order valence-corrected chi connectivity index (χ1v) is 10.0. The van der Waals surface area contributed by atoms with Crippen molar-refractivity contribution < 1.29 is 19.5 Å². The Kier molecular flexibility index (Phi) is 6.84. The Morgan fingerprint density at radius 1 is 1.13 bits per heavy atom. The summed E-state index contributed by atoms with van der Waals surface area (Å²) in [7, 11) is 3.42. The zero-order valence-corrected chi connectivity index (χ0v) is 17.2. The maximum atomic E-state index is 12.5. The number of rotatable bonds is 7. The second kappa shape index (κ2) is 9.54. The van der Waals surface area contributed by atoms with E-state index < -0.39 is 12.0 Å². The van der Waals surface area contributed by atoms with Gasteiger partial charge in [0.2, 0.25) is 5.91 Å². The van der Waals surface area contributed by atoms with E-state index in [0.717, 1.165) is 36.1 Å². The number of carbonyl (C=O) groups excluding carboxylic acids is 2. The van der Waals surface area contributed by atoms with E-state index in [1.165, 1.54) is 4.90 Å². The number of benzene rings is 2. The van der Waals surface area contributed by atoms with Crippen LogP contribution in [0.5, 0.6) is 0 Å². The van der Waals surface area contributed by atoms with E-state index in [4.69, 9.17) is 0 Å². The highest BCUT2D eigenvalue weighted by Crippen LogP contribution is 2.25. The van der Waals surface area contributed by atoms with E-state index >= 15 is 0 Å². The molecule has 1 saturated heterocycles. The van der Waals surface area contributed by atoms with Crippen LogP contribution in [0.1, 0.15) is 28.8 Å². The smallest absolute Gasteiger partial charge is 0.326 e. The van der Waals surface area contributed by atoms with Crippen LogP contribution >= 0.6 is 0 Å². The molecule has 1 aliphatic heterocycles. The molecule has 2 aromatic carbocycles. The van der Waals surface area contributed by atoms with Crippen molar-refractivity contribution in [3.05, 3.63) is 59.7 Å². The Hall–Kier alpha value is -3.19. The number of amides is 2. The van der Waals surface area contributed by atoms with Crippen LogP contribution in [0.4, 0.5) is 0 Å². The third-order valence-corrected chi connectivity index (χ3v) is 5.26. The lowest BCUT2D eigenvalue weighted by Gasteiger charge is -2.18. The lowest BCUT2D eigenvalue weighted by Crippen LogP contribution is -2.49. The van der Waals surface area contributed by atoms with Gasteiger partial charge in [0.05, 0.1) is 6.04 Å². The van der Waals surface area contributed by atoms with Gasteiger partial charge in [-0.05, 0) is 42.1 Å². The molecule has 1 aliphatic rings. The molecule has 3 rings (SSSR count). The second-order valence-corrected chi connectivity index (χ2v) is 7.69. The van der Waals surface area contributed by atoms with Crippen LogP contribution in [-0.2, 0) is 16.0 Å². The molecule has 0 bridgehead atoms. The lowest BCUT2D eigenvalue weighted by atomic mass is 9.96. The van der Waals surface area contributed by atoms with Crippen LogP contribution in [0, 0.1) is 0 Å². The van der Waals surface area contributed by atoms with Crippen LogP contribution in [0.25, 0.3) is 11.1 Å². The van der Waals surface area contributed by atoms with Crippen molar-refractivity contribution in [1.82, 2.24) is 15.5 Å². The van der Waals surface area contributed by atoms with Crippen molar-refractivity contribution in [2.75, 3.05) is 20.6 Å². The van der Waals surface area contributed by atoms with Crippen molar-refractivity contribution >= 4 is 17.8 Å². The number of hydrogen-bond donors (Lipinski definition) is 3. The molecule has 0 saturated carbocycles. The lowest BCUT2D eigenvalue weighted by molar-refractivity contribution is -0.142. The monoisotopic (exact) mass is 409 g/mol. The Morgan fingerprint density at radius 3 is 2.43 bits per heavy atom. The SMILES string of the molecule is CN(C)C(=O)c1ccccc1-c1ccc(C[C@H](NC(=O)[C@@H]2CCCN2)C(=O)O)cc1. The predicted molar refractivity (Wildman–Crippen MR) is 114 cm³/mol. The molecule has 2 atom stereocenters. The maximum absolute atomic E-state index is 12.5. The third-order valence-electron chi connectivity index (χ3n) is 5.26. The van der Waals surface area contributed by atoms with Crippen molar-refractivity contribution in [1.29, 1.82) is 0 Å². The van der Waals surface area contributed by atoms with Crippen LogP contribution in [0.2, 0.25) is 0 Å².